The molecule has 68 valence electrons. The molecule has 0 aromatic carbocycles. The molecular weight excluding hydrogens is 148 g/mol. The number of imidazole rings is 1. The molecule has 1 aromatic heterocycles. The largest absolute Gasteiger partial charge is 0.256 e. The van der Waals surface area contributed by atoms with E-state index in [0.29, 0.717) is 6.04 Å². The summed E-state index contributed by atoms with van der Waals surface area (Å²) in [5, 5.41) is 0. The molecule has 0 bridgehead atoms. The molecule has 0 saturated heterocycles. The molecule has 12 heavy (non-hydrogen) atoms. The number of hydrogen-bond donors (Lipinski definition) is 0. The van der Waals surface area contributed by atoms with E-state index in [1.54, 1.807) is 0 Å². The van der Waals surface area contributed by atoms with Gasteiger partial charge in [0.2, 0.25) is 0 Å². The van der Waals surface area contributed by atoms with Crippen molar-refractivity contribution >= 4 is 0 Å². The Morgan fingerprint density at radius 1 is 1.42 bits per heavy atom. The van der Waals surface area contributed by atoms with Gasteiger partial charge in [0.05, 0.1) is 12.6 Å². The van der Waals surface area contributed by atoms with Gasteiger partial charge >= 0.3 is 0 Å². The quantitative estimate of drug-likeness (QED) is 0.608. The molecule has 0 N–H and O–H groups in total. The summed E-state index contributed by atoms with van der Waals surface area (Å²) < 4.78 is 4.64. The molecule has 0 spiro atoms. The van der Waals surface area contributed by atoms with Gasteiger partial charge in [-0.3, -0.25) is 0 Å². The molecule has 0 atom stereocenters. The smallest absolute Gasteiger partial charge is 0.235 e. The fraction of sp³-hybridized carbons (Fsp3) is 0.700. The summed E-state index contributed by atoms with van der Waals surface area (Å²) in [6.07, 6.45) is 5.45. The Morgan fingerprint density at radius 3 is 2.50 bits per heavy atom. The molecule has 0 radical (unpaired) electrons. The minimum Gasteiger partial charge on any atom is -0.235 e. The summed E-state index contributed by atoms with van der Waals surface area (Å²) in [6, 6.07) is 0.577. The Bertz CT molecular complexity index is 248. The predicted molar refractivity (Wildman–Crippen MR) is 50.1 cm³/mol. The lowest BCUT2D eigenvalue weighted by Crippen LogP contribution is -2.35. The van der Waals surface area contributed by atoms with E-state index in [-0.39, 0.29) is 0 Å². The normalized spacial score (nSPS) is 11.1. The van der Waals surface area contributed by atoms with Gasteiger partial charge in [0.25, 0.3) is 5.82 Å². The molecular formula is C10H19N2+. The second kappa shape index (κ2) is 3.74. The van der Waals surface area contributed by atoms with Crippen LogP contribution >= 0.6 is 0 Å². The van der Waals surface area contributed by atoms with Crippen LogP contribution in [0.4, 0.5) is 0 Å². The highest BCUT2D eigenvalue weighted by Crippen LogP contribution is 2.06. The van der Waals surface area contributed by atoms with E-state index in [9.17, 15) is 0 Å². The highest BCUT2D eigenvalue weighted by atomic mass is 15.2. The fourth-order valence-corrected chi connectivity index (χ4v) is 1.62. The van der Waals surface area contributed by atoms with Crippen LogP contribution < -0.4 is 4.57 Å². The van der Waals surface area contributed by atoms with E-state index in [2.05, 4.69) is 49.2 Å². The first kappa shape index (κ1) is 9.30. The zero-order valence-electron chi connectivity index (χ0n) is 8.54. The van der Waals surface area contributed by atoms with Gasteiger partial charge < -0.3 is 0 Å². The monoisotopic (exact) mass is 167 g/mol. The van der Waals surface area contributed by atoms with Gasteiger partial charge in [-0.2, -0.15) is 0 Å². The molecule has 0 aliphatic heterocycles. The molecule has 1 aromatic rings. The van der Waals surface area contributed by atoms with E-state index in [4.69, 9.17) is 0 Å². The molecule has 0 unspecified atom stereocenters. The summed E-state index contributed by atoms with van der Waals surface area (Å²) in [7, 11) is 0. The van der Waals surface area contributed by atoms with Crippen LogP contribution in [0.2, 0.25) is 0 Å². The zero-order chi connectivity index (χ0) is 9.14. The summed E-state index contributed by atoms with van der Waals surface area (Å²) in [5.74, 6) is 1.42. The predicted octanol–water partition coefficient (Wildman–Crippen LogP) is 1.94. The lowest BCUT2D eigenvalue weighted by atomic mass is 10.3. The van der Waals surface area contributed by atoms with Crippen LogP contribution in [0.3, 0.4) is 0 Å². The van der Waals surface area contributed by atoms with Crippen molar-refractivity contribution in [3.05, 3.63) is 18.2 Å². The first-order chi connectivity index (χ1) is 5.70. The van der Waals surface area contributed by atoms with E-state index in [1.165, 1.54) is 5.82 Å². The number of aryl methyl sites for hydroxylation is 1. The summed E-state index contributed by atoms with van der Waals surface area (Å²) in [4.78, 5) is 0. The van der Waals surface area contributed by atoms with Crippen LogP contribution in [0, 0.1) is 0 Å². The first-order valence-electron chi connectivity index (χ1n) is 4.79. The summed E-state index contributed by atoms with van der Waals surface area (Å²) in [6.45, 7) is 9.91. The SMILES string of the molecule is CCc1n(C(C)C)cc[n+]1CC. The second-order valence-corrected chi connectivity index (χ2v) is 3.35. The first-order valence-corrected chi connectivity index (χ1v) is 4.79. The topological polar surface area (TPSA) is 8.81 Å². The number of nitrogens with zero attached hydrogens (tertiary/aromatic N) is 2. The van der Waals surface area contributed by atoms with Gasteiger partial charge in [-0.1, -0.05) is 6.92 Å². The molecule has 1 heterocycles. The molecule has 0 aliphatic rings. The van der Waals surface area contributed by atoms with Crippen LogP contribution in [-0.2, 0) is 13.0 Å². The molecule has 0 saturated carbocycles. The number of hydrogen-bond acceptors (Lipinski definition) is 0. The van der Waals surface area contributed by atoms with Crippen molar-refractivity contribution in [1.29, 1.82) is 0 Å². The molecule has 2 nitrogen and oxygen atoms in total. The minimum absolute atomic E-state index is 0.577. The second-order valence-electron chi connectivity index (χ2n) is 3.35. The fourth-order valence-electron chi connectivity index (χ4n) is 1.62. The van der Waals surface area contributed by atoms with Crippen molar-refractivity contribution in [3.63, 3.8) is 0 Å². The van der Waals surface area contributed by atoms with E-state index >= 15 is 0 Å². The van der Waals surface area contributed by atoms with Crippen LogP contribution in [-0.4, -0.2) is 4.57 Å². The Morgan fingerprint density at radius 2 is 2.08 bits per heavy atom. The highest BCUT2D eigenvalue weighted by molar-refractivity contribution is 4.85. The van der Waals surface area contributed by atoms with Crippen LogP contribution in [0.25, 0.3) is 0 Å². The Balaban J connectivity index is 3.05. The third kappa shape index (κ3) is 1.52. The third-order valence-electron chi connectivity index (χ3n) is 2.25. The maximum atomic E-state index is 2.34. The maximum absolute atomic E-state index is 2.34. The minimum atomic E-state index is 0.577. The van der Waals surface area contributed by atoms with Gasteiger partial charge in [0.1, 0.15) is 12.4 Å². The average Bonchev–Trinajstić information content (AvgIpc) is 2.46. The standard InChI is InChI=1S/C10H19N2/c1-5-10-11(6-2)7-8-12(10)9(3)4/h7-9H,5-6H2,1-4H3/q+1. The van der Waals surface area contributed by atoms with Gasteiger partial charge in [-0.15, -0.1) is 0 Å². The number of rotatable bonds is 3. The molecule has 0 fully saturated rings. The van der Waals surface area contributed by atoms with Crippen molar-refractivity contribution in [2.24, 2.45) is 0 Å². The van der Waals surface area contributed by atoms with Crippen LogP contribution in [0.15, 0.2) is 12.4 Å². The summed E-state index contributed by atoms with van der Waals surface area (Å²) in [5.41, 5.74) is 0. The lowest BCUT2D eigenvalue weighted by Gasteiger charge is -2.04. The molecule has 0 amide bonds. The molecule has 0 aliphatic carbocycles. The van der Waals surface area contributed by atoms with Crippen molar-refractivity contribution in [2.45, 2.75) is 46.7 Å². The Kier molecular flexibility index (Phi) is 2.90. The summed E-state index contributed by atoms with van der Waals surface area (Å²) >= 11 is 0. The molecule has 2 heteroatoms. The lowest BCUT2D eigenvalue weighted by molar-refractivity contribution is -0.700. The van der Waals surface area contributed by atoms with E-state index < -0.39 is 0 Å². The van der Waals surface area contributed by atoms with Gasteiger partial charge in [-0.25, -0.2) is 9.13 Å². The van der Waals surface area contributed by atoms with Crippen LogP contribution in [0.1, 0.15) is 39.6 Å². The number of aromatic nitrogens is 2. The van der Waals surface area contributed by atoms with Crippen molar-refractivity contribution in [1.82, 2.24) is 4.57 Å². The van der Waals surface area contributed by atoms with Crippen molar-refractivity contribution in [2.75, 3.05) is 0 Å². The van der Waals surface area contributed by atoms with Crippen molar-refractivity contribution in [3.8, 4) is 0 Å². The van der Waals surface area contributed by atoms with E-state index in [1.807, 2.05) is 0 Å². The molecule has 1 rings (SSSR count). The zero-order valence-corrected chi connectivity index (χ0v) is 8.54. The highest BCUT2D eigenvalue weighted by Gasteiger charge is 2.15. The van der Waals surface area contributed by atoms with Crippen molar-refractivity contribution < 1.29 is 4.57 Å². The van der Waals surface area contributed by atoms with Crippen LogP contribution in [0.5, 0.6) is 0 Å². The Labute approximate surface area is 74.8 Å². The average molecular weight is 167 g/mol. The Hall–Kier alpha value is -0.790. The third-order valence-corrected chi connectivity index (χ3v) is 2.25. The van der Waals surface area contributed by atoms with E-state index in [0.717, 1.165) is 13.0 Å². The maximum Gasteiger partial charge on any atom is 0.256 e. The van der Waals surface area contributed by atoms with Gasteiger partial charge in [0, 0.05) is 6.42 Å². The van der Waals surface area contributed by atoms with Gasteiger partial charge in [-0.05, 0) is 20.8 Å². The van der Waals surface area contributed by atoms with Gasteiger partial charge in [0.15, 0.2) is 0 Å².